The van der Waals surface area contributed by atoms with E-state index in [0.29, 0.717) is 9.77 Å². The van der Waals surface area contributed by atoms with Gasteiger partial charge in [0.05, 0.1) is 5.92 Å². The highest BCUT2D eigenvalue weighted by molar-refractivity contribution is 7.91. The van der Waals surface area contributed by atoms with E-state index < -0.39 is 21.9 Å². The summed E-state index contributed by atoms with van der Waals surface area (Å²) in [6.45, 7) is 5.04. The molecule has 0 saturated carbocycles. The van der Waals surface area contributed by atoms with Crippen LogP contribution in [0.15, 0.2) is 10.3 Å². The summed E-state index contributed by atoms with van der Waals surface area (Å²) in [6, 6.07) is 1.81. The van der Waals surface area contributed by atoms with Gasteiger partial charge >= 0.3 is 5.97 Å². The summed E-state index contributed by atoms with van der Waals surface area (Å²) in [5.41, 5.74) is 0.701. The van der Waals surface area contributed by atoms with Crippen molar-refractivity contribution in [2.24, 2.45) is 5.92 Å². The molecule has 1 aromatic rings. The zero-order valence-electron chi connectivity index (χ0n) is 10.8. The van der Waals surface area contributed by atoms with Gasteiger partial charge in [-0.25, -0.2) is 8.42 Å². The Morgan fingerprint density at radius 1 is 1.50 bits per heavy atom. The molecule has 102 valence electrons. The topological polar surface area (TPSA) is 74.7 Å². The summed E-state index contributed by atoms with van der Waals surface area (Å²) in [7, 11) is -2.18. The van der Waals surface area contributed by atoms with Gasteiger partial charge in [0.25, 0.3) is 10.0 Å². The number of thiophene rings is 1. The molecular weight excluding hydrogens is 274 g/mol. The predicted molar refractivity (Wildman–Crippen MR) is 70.4 cm³/mol. The van der Waals surface area contributed by atoms with Crippen LogP contribution >= 0.6 is 11.3 Å². The van der Waals surface area contributed by atoms with Crippen LogP contribution < -0.4 is 0 Å². The number of hydrogen-bond donors (Lipinski definition) is 1. The van der Waals surface area contributed by atoms with Crippen molar-refractivity contribution in [3.05, 3.63) is 16.5 Å². The van der Waals surface area contributed by atoms with Gasteiger partial charge in [-0.1, -0.05) is 6.92 Å². The van der Waals surface area contributed by atoms with Crippen LogP contribution in [0, 0.1) is 19.8 Å². The lowest BCUT2D eigenvalue weighted by molar-refractivity contribution is -0.141. The minimum atomic E-state index is -3.59. The van der Waals surface area contributed by atoms with Crippen LogP contribution in [0.3, 0.4) is 0 Å². The third-order valence-corrected chi connectivity index (χ3v) is 6.18. The summed E-state index contributed by atoms with van der Waals surface area (Å²) in [5, 5.41) is 8.81. The van der Waals surface area contributed by atoms with E-state index in [1.54, 1.807) is 6.92 Å². The third kappa shape index (κ3) is 3.09. The second-order valence-electron chi connectivity index (χ2n) is 4.35. The van der Waals surface area contributed by atoms with E-state index in [4.69, 9.17) is 5.11 Å². The summed E-state index contributed by atoms with van der Waals surface area (Å²) in [5.74, 6) is -1.73. The predicted octanol–water partition coefficient (Wildman–Crippen LogP) is 1.71. The Hall–Kier alpha value is -0.920. The highest BCUT2D eigenvalue weighted by Gasteiger charge is 2.27. The standard InChI is InChI=1S/C11H17NO4S2/c1-7-5-9(3)17-11(7)18(15,16)12(4)6-8(2)10(13)14/h5,8H,6H2,1-4H3,(H,13,14). The Kier molecular flexibility index (Phi) is 4.52. The molecule has 1 N–H and O–H groups in total. The zero-order chi connectivity index (χ0) is 14.1. The van der Waals surface area contributed by atoms with Crippen LogP contribution in [0.25, 0.3) is 0 Å². The molecule has 0 spiro atoms. The molecule has 1 aromatic heterocycles. The Labute approximate surface area is 111 Å². The molecule has 0 bridgehead atoms. The van der Waals surface area contributed by atoms with Gasteiger partial charge in [-0.2, -0.15) is 4.31 Å². The number of sulfonamides is 1. The first-order valence-corrected chi connectivity index (χ1v) is 7.68. The van der Waals surface area contributed by atoms with Gasteiger partial charge in [0.1, 0.15) is 4.21 Å². The van der Waals surface area contributed by atoms with E-state index >= 15 is 0 Å². The van der Waals surface area contributed by atoms with Crippen molar-refractivity contribution in [1.82, 2.24) is 4.31 Å². The highest BCUT2D eigenvalue weighted by Crippen LogP contribution is 2.28. The molecule has 0 fully saturated rings. The molecule has 7 heteroatoms. The Balaban J connectivity index is 3.00. The average Bonchev–Trinajstić information content (AvgIpc) is 2.57. The summed E-state index contributed by atoms with van der Waals surface area (Å²) >= 11 is 1.21. The number of rotatable bonds is 5. The fourth-order valence-electron chi connectivity index (χ4n) is 1.58. The quantitative estimate of drug-likeness (QED) is 0.896. The molecule has 0 amide bonds. The van der Waals surface area contributed by atoms with E-state index in [0.717, 1.165) is 9.18 Å². The Morgan fingerprint density at radius 3 is 2.44 bits per heavy atom. The van der Waals surface area contributed by atoms with Crippen molar-refractivity contribution in [3.8, 4) is 0 Å². The van der Waals surface area contributed by atoms with E-state index in [-0.39, 0.29) is 6.54 Å². The van der Waals surface area contributed by atoms with E-state index in [1.807, 2.05) is 13.0 Å². The minimum Gasteiger partial charge on any atom is -0.481 e. The van der Waals surface area contributed by atoms with Crippen LogP contribution in [-0.2, 0) is 14.8 Å². The molecule has 1 unspecified atom stereocenters. The highest BCUT2D eigenvalue weighted by atomic mass is 32.2. The van der Waals surface area contributed by atoms with Gasteiger partial charge in [0.2, 0.25) is 0 Å². The van der Waals surface area contributed by atoms with Crippen molar-refractivity contribution < 1.29 is 18.3 Å². The lowest BCUT2D eigenvalue weighted by Gasteiger charge is -2.18. The van der Waals surface area contributed by atoms with Gasteiger partial charge in [-0.05, 0) is 25.5 Å². The number of carboxylic acid groups (broad SMARTS) is 1. The monoisotopic (exact) mass is 291 g/mol. The minimum absolute atomic E-state index is 0.0337. The first-order chi connectivity index (χ1) is 8.16. The van der Waals surface area contributed by atoms with Crippen LogP contribution in [0.1, 0.15) is 17.4 Å². The molecule has 0 aliphatic rings. The second-order valence-corrected chi connectivity index (χ2v) is 7.85. The number of aliphatic carboxylic acids is 1. The lowest BCUT2D eigenvalue weighted by Crippen LogP contribution is -2.33. The Bertz CT molecular complexity index is 547. The molecule has 18 heavy (non-hydrogen) atoms. The summed E-state index contributed by atoms with van der Waals surface area (Å²) in [4.78, 5) is 11.7. The van der Waals surface area contributed by atoms with Crippen LogP contribution in [0.2, 0.25) is 0 Å². The summed E-state index contributed by atoms with van der Waals surface area (Å²) in [6.07, 6.45) is 0. The SMILES string of the molecule is Cc1cc(C)c(S(=O)(=O)N(C)CC(C)C(=O)O)s1. The molecule has 1 atom stereocenters. The van der Waals surface area contributed by atoms with Crippen LogP contribution in [0.5, 0.6) is 0 Å². The van der Waals surface area contributed by atoms with Crippen molar-refractivity contribution in [2.75, 3.05) is 13.6 Å². The molecule has 5 nitrogen and oxygen atoms in total. The maximum atomic E-state index is 12.3. The van der Waals surface area contributed by atoms with Gasteiger partial charge < -0.3 is 5.11 Å². The van der Waals surface area contributed by atoms with Crippen LogP contribution in [0.4, 0.5) is 0 Å². The third-order valence-electron chi connectivity index (χ3n) is 2.59. The largest absolute Gasteiger partial charge is 0.481 e. The maximum absolute atomic E-state index is 12.3. The number of nitrogens with zero attached hydrogens (tertiary/aromatic N) is 1. The molecule has 1 rings (SSSR count). The fraction of sp³-hybridized carbons (Fsp3) is 0.545. The van der Waals surface area contributed by atoms with Gasteiger partial charge in [-0.3, -0.25) is 4.79 Å². The van der Waals surface area contributed by atoms with Crippen molar-refractivity contribution in [2.45, 2.75) is 25.0 Å². The van der Waals surface area contributed by atoms with Crippen molar-refractivity contribution in [1.29, 1.82) is 0 Å². The number of carboxylic acids is 1. The molecule has 1 heterocycles. The summed E-state index contributed by atoms with van der Waals surface area (Å²) < 4.78 is 25.9. The maximum Gasteiger partial charge on any atom is 0.307 e. The van der Waals surface area contributed by atoms with Crippen molar-refractivity contribution in [3.63, 3.8) is 0 Å². The normalized spacial score (nSPS) is 13.8. The van der Waals surface area contributed by atoms with Gasteiger partial charge in [0, 0.05) is 18.5 Å². The van der Waals surface area contributed by atoms with Gasteiger partial charge in [-0.15, -0.1) is 11.3 Å². The lowest BCUT2D eigenvalue weighted by atomic mass is 10.2. The molecule has 0 radical (unpaired) electrons. The first-order valence-electron chi connectivity index (χ1n) is 5.42. The number of aryl methyl sites for hydroxylation is 2. The molecule has 0 aliphatic heterocycles. The van der Waals surface area contributed by atoms with E-state index in [2.05, 4.69) is 0 Å². The molecular formula is C11H17NO4S2. The van der Waals surface area contributed by atoms with Crippen LogP contribution in [-0.4, -0.2) is 37.4 Å². The zero-order valence-corrected chi connectivity index (χ0v) is 12.4. The van der Waals surface area contributed by atoms with Crippen molar-refractivity contribution >= 4 is 27.3 Å². The Morgan fingerprint density at radius 2 is 2.06 bits per heavy atom. The number of hydrogen-bond acceptors (Lipinski definition) is 4. The van der Waals surface area contributed by atoms with E-state index in [9.17, 15) is 13.2 Å². The van der Waals surface area contributed by atoms with E-state index in [1.165, 1.54) is 25.3 Å². The smallest absolute Gasteiger partial charge is 0.307 e. The average molecular weight is 291 g/mol. The first kappa shape index (κ1) is 15.1. The van der Waals surface area contributed by atoms with Gasteiger partial charge in [0.15, 0.2) is 0 Å². The number of carbonyl (C=O) groups is 1. The molecule has 0 aromatic carbocycles. The molecule has 0 saturated heterocycles. The molecule has 0 aliphatic carbocycles. The second kappa shape index (κ2) is 5.38. The fourth-order valence-corrected chi connectivity index (χ4v) is 4.69.